The maximum Gasteiger partial charge on any atom is 0.337 e. The summed E-state index contributed by atoms with van der Waals surface area (Å²) in [6, 6.07) is 13.7. The van der Waals surface area contributed by atoms with Crippen LogP contribution >= 0.6 is 38.9 Å². The molecule has 0 unspecified atom stereocenters. The maximum absolute atomic E-state index is 14.0. The molecule has 0 N–H and O–H groups in total. The van der Waals surface area contributed by atoms with Gasteiger partial charge in [0.25, 0.3) is 5.56 Å². The van der Waals surface area contributed by atoms with Crippen LogP contribution in [0, 0.1) is 0 Å². The second kappa shape index (κ2) is 13.6. The molecule has 1 aromatic heterocycles. The molecule has 4 aromatic rings. The monoisotopic (exact) mass is 726 g/mol. The van der Waals surface area contributed by atoms with Gasteiger partial charge >= 0.3 is 5.97 Å². The van der Waals surface area contributed by atoms with Crippen molar-refractivity contribution in [2.45, 2.75) is 26.5 Å². The fourth-order valence-electron chi connectivity index (χ4n) is 5.13. The van der Waals surface area contributed by atoms with Crippen LogP contribution in [0.1, 0.15) is 36.6 Å². The van der Waals surface area contributed by atoms with E-state index in [2.05, 4.69) is 20.9 Å². The number of halogens is 2. The first-order valence-corrected chi connectivity index (χ1v) is 16.3. The van der Waals surface area contributed by atoms with Gasteiger partial charge in [-0.15, -0.1) is 0 Å². The number of esters is 1. The van der Waals surface area contributed by atoms with Gasteiger partial charge in [-0.3, -0.25) is 9.36 Å². The van der Waals surface area contributed by atoms with Crippen LogP contribution < -0.4 is 38.6 Å². The largest absolute Gasteiger partial charge is 0.490 e. The van der Waals surface area contributed by atoms with Crippen molar-refractivity contribution in [2.24, 2.45) is 4.99 Å². The summed E-state index contributed by atoms with van der Waals surface area (Å²) in [5.41, 5.74) is 2.08. The van der Waals surface area contributed by atoms with Crippen LogP contribution in [0.25, 0.3) is 6.08 Å². The molecule has 0 saturated carbocycles. The van der Waals surface area contributed by atoms with E-state index in [0.717, 1.165) is 5.56 Å². The predicted molar refractivity (Wildman–Crippen MR) is 176 cm³/mol. The van der Waals surface area contributed by atoms with Gasteiger partial charge in [0.15, 0.2) is 33.5 Å². The number of thiazole rings is 1. The van der Waals surface area contributed by atoms with Crippen LogP contribution in [0.2, 0.25) is 5.02 Å². The molecule has 10 nitrogen and oxygen atoms in total. The third-order valence-corrected chi connectivity index (χ3v) is 9.01. The van der Waals surface area contributed by atoms with Crippen molar-refractivity contribution in [2.75, 3.05) is 27.1 Å². The molecule has 0 radical (unpaired) electrons. The van der Waals surface area contributed by atoms with E-state index in [0.29, 0.717) is 71.9 Å². The molecule has 2 aliphatic rings. The summed E-state index contributed by atoms with van der Waals surface area (Å²) in [4.78, 5) is 31.7. The van der Waals surface area contributed by atoms with Gasteiger partial charge in [0, 0.05) is 6.20 Å². The van der Waals surface area contributed by atoms with Gasteiger partial charge in [-0.1, -0.05) is 35.1 Å². The molecular formula is C33H28BrClN2O8S. The first-order chi connectivity index (χ1) is 22.3. The van der Waals surface area contributed by atoms with Crippen molar-refractivity contribution in [3.63, 3.8) is 0 Å². The molecular weight excluding hydrogens is 700 g/mol. The Labute approximate surface area is 281 Å². The molecule has 0 bridgehead atoms. The molecule has 0 aliphatic carbocycles. The molecule has 46 heavy (non-hydrogen) atoms. The number of ether oxygens (including phenoxy) is 6. The van der Waals surface area contributed by atoms with E-state index in [4.69, 9.17) is 40.0 Å². The molecule has 0 fully saturated rings. The molecule has 6 rings (SSSR count). The number of carbonyl (C=O) groups excluding carboxylic acids is 1. The number of aromatic nitrogens is 1. The first-order valence-electron chi connectivity index (χ1n) is 14.3. The van der Waals surface area contributed by atoms with E-state index in [-0.39, 0.29) is 24.5 Å². The molecule has 1 atom stereocenters. The SMILES string of the molecule is CCOc1ccc([C@H]2C(C(=O)OC)=CN=c3s/c(=C\c4cc(Cl)c(OCc5ccc6c(c5)OCO6)c(Br)c4)c(=O)n32)cc1OCC. The molecule has 0 amide bonds. The van der Waals surface area contributed by atoms with Gasteiger partial charge in [-0.05, 0) is 88.9 Å². The minimum absolute atomic E-state index is 0.194. The smallest absolute Gasteiger partial charge is 0.337 e. The topological polar surface area (TPSA) is 107 Å². The number of hydrogen-bond donors (Lipinski definition) is 0. The zero-order valence-corrected chi connectivity index (χ0v) is 28.2. The highest BCUT2D eigenvalue weighted by Crippen LogP contribution is 2.38. The lowest BCUT2D eigenvalue weighted by Crippen LogP contribution is -2.39. The van der Waals surface area contributed by atoms with E-state index in [1.54, 1.807) is 30.3 Å². The van der Waals surface area contributed by atoms with Gasteiger partial charge in [-0.25, -0.2) is 9.79 Å². The van der Waals surface area contributed by atoms with Gasteiger partial charge in [0.05, 0.1) is 46.0 Å². The lowest BCUT2D eigenvalue weighted by atomic mass is 9.97. The van der Waals surface area contributed by atoms with Crippen molar-refractivity contribution in [1.82, 2.24) is 4.57 Å². The van der Waals surface area contributed by atoms with Crippen molar-refractivity contribution < 1.29 is 33.2 Å². The maximum atomic E-state index is 14.0. The number of nitrogens with zero attached hydrogens (tertiary/aromatic N) is 2. The highest BCUT2D eigenvalue weighted by atomic mass is 79.9. The van der Waals surface area contributed by atoms with Gasteiger partial charge in [0.1, 0.15) is 6.61 Å². The zero-order chi connectivity index (χ0) is 32.4. The second-order valence-electron chi connectivity index (χ2n) is 10.0. The fraction of sp³-hybridized carbons (Fsp3) is 0.242. The minimum Gasteiger partial charge on any atom is -0.490 e. The van der Waals surface area contributed by atoms with Gasteiger partial charge < -0.3 is 28.4 Å². The highest BCUT2D eigenvalue weighted by molar-refractivity contribution is 9.10. The van der Waals surface area contributed by atoms with E-state index < -0.39 is 12.0 Å². The molecule has 3 aromatic carbocycles. The number of fused-ring (bicyclic) bond motifs is 2. The number of carbonyl (C=O) groups is 1. The summed E-state index contributed by atoms with van der Waals surface area (Å²) in [6.07, 6.45) is 3.17. The van der Waals surface area contributed by atoms with E-state index in [1.165, 1.54) is 29.2 Å². The van der Waals surface area contributed by atoms with Crippen LogP contribution in [-0.4, -0.2) is 37.7 Å². The Morgan fingerprint density at radius 1 is 1.07 bits per heavy atom. The predicted octanol–water partition coefficient (Wildman–Crippen LogP) is 5.54. The van der Waals surface area contributed by atoms with Crippen molar-refractivity contribution in [1.29, 1.82) is 0 Å². The number of methoxy groups -OCH3 is 1. The van der Waals surface area contributed by atoms with Crippen molar-refractivity contribution >= 4 is 50.9 Å². The number of hydrogen-bond acceptors (Lipinski definition) is 10. The molecule has 2 aliphatic heterocycles. The van der Waals surface area contributed by atoms with E-state index >= 15 is 0 Å². The molecule has 238 valence electrons. The molecule has 3 heterocycles. The standard InChI is InChI=1S/C33H28BrClN2O8S/c1-4-41-24-9-7-20(14-27(24)42-5-2)29-21(32(39)40-3)15-36-33-37(29)31(38)28(46-33)13-19-10-22(34)30(23(35)11-19)43-16-18-6-8-25-26(12-18)45-17-44-25/h6-15,29H,4-5,16-17H2,1-3H3/b28-13-/t29-/m0/s1. The van der Waals surface area contributed by atoms with E-state index in [1.807, 2.05) is 38.1 Å². The van der Waals surface area contributed by atoms with Crippen LogP contribution in [0.5, 0.6) is 28.7 Å². The van der Waals surface area contributed by atoms with Crippen LogP contribution in [0.15, 0.2) is 74.6 Å². The third kappa shape index (κ3) is 6.24. The third-order valence-electron chi connectivity index (χ3n) is 7.15. The van der Waals surface area contributed by atoms with Crippen molar-refractivity contribution in [3.8, 4) is 28.7 Å². The number of rotatable bonds is 10. The lowest BCUT2D eigenvalue weighted by Gasteiger charge is -2.23. The van der Waals surface area contributed by atoms with E-state index in [9.17, 15) is 9.59 Å². The summed E-state index contributed by atoms with van der Waals surface area (Å²) in [7, 11) is 1.29. The number of benzene rings is 3. The Morgan fingerprint density at radius 3 is 2.61 bits per heavy atom. The van der Waals surface area contributed by atoms with Gasteiger partial charge in [0.2, 0.25) is 6.79 Å². The Kier molecular flexibility index (Phi) is 9.39. The molecule has 13 heteroatoms. The molecule has 0 spiro atoms. The Morgan fingerprint density at radius 2 is 1.85 bits per heavy atom. The van der Waals surface area contributed by atoms with Crippen LogP contribution in [0.3, 0.4) is 0 Å². The molecule has 0 saturated heterocycles. The zero-order valence-electron chi connectivity index (χ0n) is 25.0. The first kappa shape index (κ1) is 31.7. The Bertz CT molecular complexity index is 2020. The quantitative estimate of drug-likeness (QED) is 0.196. The average Bonchev–Trinajstić information content (AvgIpc) is 3.64. The minimum atomic E-state index is -0.803. The summed E-state index contributed by atoms with van der Waals surface area (Å²) >= 11 is 11.4. The van der Waals surface area contributed by atoms with Crippen LogP contribution in [-0.2, 0) is 16.1 Å². The average molecular weight is 728 g/mol. The summed E-state index contributed by atoms with van der Waals surface area (Å²) in [5.74, 6) is 2.30. The Hall–Kier alpha value is -4.26. The summed E-state index contributed by atoms with van der Waals surface area (Å²) in [5, 5.41) is 0.359. The fourth-order valence-corrected chi connectivity index (χ4v) is 7.08. The van der Waals surface area contributed by atoms with Crippen molar-refractivity contribution in [3.05, 3.63) is 106 Å². The Balaban J connectivity index is 1.34. The normalized spacial score (nSPS) is 15.1. The van der Waals surface area contributed by atoms with Gasteiger partial charge in [-0.2, -0.15) is 0 Å². The van der Waals surface area contributed by atoms with Crippen LogP contribution in [0.4, 0.5) is 0 Å². The summed E-state index contributed by atoms with van der Waals surface area (Å²) < 4.78 is 36.0. The highest BCUT2D eigenvalue weighted by Gasteiger charge is 2.31. The second-order valence-corrected chi connectivity index (χ2v) is 12.3. The summed E-state index contributed by atoms with van der Waals surface area (Å²) in [6.45, 7) is 5.06. The lowest BCUT2D eigenvalue weighted by molar-refractivity contribution is -0.136.